The third-order valence-electron chi connectivity index (χ3n) is 4.37. The number of nitriles is 1. The van der Waals surface area contributed by atoms with Crippen LogP contribution >= 0.6 is 11.6 Å². The van der Waals surface area contributed by atoms with E-state index in [0.717, 1.165) is 36.7 Å². The number of nitrogens with zero attached hydrogens (tertiary/aromatic N) is 2. The van der Waals surface area contributed by atoms with Gasteiger partial charge in [0.2, 0.25) is 0 Å². The van der Waals surface area contributed by atoms with Gasteiger partial charge in [-0.2, -0.15) is 18.4 Å². The van der Waals surface area contributed by atoms with Gasteiger partial charge in [-0.1, -0.05) is 29.8 Å². The van der Waals surface area contributed by atoms with Gasteiger partial charge in [0, 0.05) is 23.5 Å². The largest absolute Gasteiger partial charge is 0.418 e. The summed E-state index contributed by atoms with van der Waals surface area (Å²) in [5.74, 6) is -0.565. The molecule has 3 rings (SSSR count). The van der Waals surface area contributed by atoms with Crippen LogP contribution in [0, 0.1) is 11.3 Å². The summed E-state index contributed by atoms with van der Waals surface area (Å²) < 4.78 is 39.6. The average molecular weight is 406 g/mol. The molecule has 144 valence electrons. The Kier molecular flexibility index (Phi) is 5.61. The minimum absolute atomic E-state index is 0.0663. The van der Waals surface area contributed by atoms with Crippen LogP contribution in [0.3, 0.4) is 0 Å². The molecule has 28 heavy (non-hydrogen) atoms. The topological polar surface area (TPSA) is 56.1 Å². The Morgan fingerprint density at radius 1 is 1.25 bits per heavy atom. The fourth-order valence-electron chi connectivity index (χ4n) is 3.06. The molecule has 0 unspecified atom stereocenters. The van der Waals surface area contributed by atoms with E-state index in [-0.39, 0.29) is 16.3 Å². The van der Waals surface area contributed by atoms with E-state index < -0.39 is 17.6 Å². The summed E-state index contributed by atoms with van der Waals surface area (Å²) in [6, 6.07) is 12.4. The van der Waals surface area contributed by atoms with Gasteiger partial charge in [-0.15, -0.1) is 0 Å². The monoisotopic (exact) mass is 405 g/mol. The molecule has 8 heteroatoms. The third kappa shape index (κ3) is 4.12. The van der Waals surface area contributed by atoms with E-state index in [4.69, 9.17) is 11.6 Å². The SMILES string of the molecule is N#C/C(=C/Nc1ccc(Cl)cc1C(F)(F)F)C(=O)N1CCCc2ccccc21. The van der Waals surface area contributed by atoms with E-state index in [2.05, 4.69) is 5.32 Å². The molecule has 0 bridgehead atoms. The second kappa shape index (κ2) is 7.95. The standard InChI is InChI=1S/C20H15ClF3N3O/c21-15-7-8-17(16(10-15)20(22,23)24)26-12-14(11-25)19(28)27-9-3-5-13-4-1-2-6-18(13)27/h1-2,4,6-8,10,12,26H,3,5,9H2/b14-12-. The minimum atomic E-state index is -4.64. The molecular formula is C20H15ClF3N3O. The maximum absolute atomic E-state index is 13.2. The average Bonchev–Trinajstić information content (AvgIpc) is 2.68. The molecule has 1 amide bonds. The lowest BCUT2D eigenvalue weighted by Crippen LogP contribution is -2.36. The van der Waals surface area contributed by atoms with Crippen LogP contribution in [0.2, 0.25) is 5.02 Å². The van der Waals surface area contributed by atoms with Crippen LogP contribution in [-0.4, -0.2) is 12.5 Å². The summed E-state index contributed by atoms with van der Waals surface area (Å²) in [7, 11) is 0. The van der Waals surface area contributed by atoms with Gasteiger partial charge in [-0.05, 0) is 42.7 Å². The Morgan fingerprint density at radius 3 is 2.71 bits per heavy atom. The van der Waals surface area contributed by atoms with E-state index >= 15 is 0 Å². The lowest BCUT2D eigenvalue weighted by atomic mass is 10.0. The highest BCUT2D eigenvalue weighted by Gasteiger charge is 2.34. The van der Waals surface area contributed by atoms with Crippen LogP contribution in [0.4, 0.5) is 24.5 Å². The molecule has 2 aromatic carbocycles. The van der Waals surface area contributed by atoms with Crippen LogP contribution < -0.4 is 10.2 Å². The van der Waals surface area contributed by atoms with Crippen molar-refractivity contribution in [3.63, 3.8) is 0 Å². The van der Waals surface area contributed by atoms with Crippen LogP contribution in [0.15, 0.2) is 54.2 Å². The molecule has 1 N–H and O–H groups in total. The molecule has 0 aliphatic carbocycles. The number of fused-ring (bicyclic) bond motifs is 1. The lowest BCUT2D eigenvalue weighted by Gasteiger charge is -2.29. The van der Waals surface area contributed by atoms with Crippen molar-refractivity contribution in [2.75, 3.05) is 16.8 Å². The maximum Gasteiger partial charge on any atom is 0.418 e. The summed E-state index contributed by atoms with van der Waals surface area (Å²) in [5.41, 5.74) is 0.132. The number of carbonyl (C=O) groups excluding carboxylic acids is 1. The van der Waals surface area contributed by atoms with E-state index in [1.807, 2.05) is 12.1 Å². The quantitative estimate of drug-likeness (QED) is 0.567. The number of halogens is 4. The van der Waals surface area contributed by atoms with Crippen LogP contribution in [-0.2, 0) is 17.4 Å². The number of aryl methyl sites for hydroxylation is 1. The summed E-state index contributed by atoms with van der Waals surface area (Å²) >= 11 is 5.66. The van der Waals surface area contributed by atoms with Gasteiger partial charge in [-0.3, -0.25) is 4.79 Å². The molecular weight excluding hydrogens is 391 g/mol. The number of para-hydroxylation sites is 1. The number of rotatable bonds is 3. The third-order valence-corrected chi connectivity index (χ3v) is 4.60. The minimum Gasteiger partial charge on any atom is -0.360 e. The zero-order valence-electron chi connectivity index (χ0n) is 14.6. The summed E-state index contributed by atoms with van der Waals surface area (Å²) in [5, 5.41) is 11.7. The first-order chi connectivity index (χ1) is 13.3. The number of hydrogen-bond donors (Lipinski definition) is 1. The van der Waals surface area contributed by atoms with Crippen LogP contribution in [0.1, 0.15) is 17.5 Å². The Labute approximate surface area is 164 Å². The van der Waals surface area contributed by atoms with Gasteiger partial charge >= 0.3 is 6.18 Å². The van der Waals surface area contributed by atoms with E-state index in [0.29, 0.717) is 12.2 Å². The highest BCUT2D eigenvalue weighted by Crippen LogP contribution is 2.36. The molecule has 0 fully saturated rings. The fourth-order valence-corrected chi connectivity index (χ4v) is 3.23. The number of benzene rings is 2. The summed E-state index contributed by atoms with van der Waals surface area (Å²) in [4.78, 5) is 14.3. The molecule has 0 saturated heterocycles. The number of anilines is 2. The molecule has 0 atom stereocenters. The molecule has 1 aliphatic rings. The second-order valence-electron chi connectivity index (χ2n) is 6.19. The highest BCUT2D eigenvalue weighted by atomic mass is 35.5. The molecule has 1 heterocycles. The first-order valence-corrected chi connectivity index (χ1v) is 8.82. The number of amides is 1. The van der Waals surface area contributed by atoms with Gasteiger partial charge < -0.3 is 10.2 Å². The predicted molar refractivity (Wildman–Crippen MR) is 101 cm³/mol. The van der Waals surface area contributed by atoms with Gasteiger partial charge in [0.15, 0.2) is 0 Å². The molecule has 4 nitrogen and oxygen atoms in total. The van der Waals surface area contributed by atoms with Gasteiger partial charge in [-0.25, -0.2) is 0 Å². The van der Waals surface area contributed by atoms with Crippen LogP contribution in [0.5, 0.6) is 0 Å². The lowest BCUT2D eigenvalue weighted by molar-refractivity contribution is -0.136. The van der Waals surface area contributed by atoms with Crippen molar-refractivity contribution in [2.45, 2.75) is 19.0 Å². The van der Waals surface area contributed by atoms with Gasteiger partial charge in [0.25, 0.3) is 5.91 Å². The smallest absolute Gasteiger partial charge is 0.360 e. The molecule has 2 aromatic rings. The van der Waals surface area contributed by atoms with Gasteiger partial charge in [0.05, 0.1) is 11.3 Å². The molecule has 0 aromatic heterocycles. The summed E-state index contributed by atoms with van der Waals surface area (Å²) in [6.07, 6.45) is -2.07. The van der Waals surface area contributed by atoms with E-state index in [1.165, 1.54) is 11.0 Å². The van der Waals surface area contributed by atoms with Crippen molar-refractivity contribution in [3.05, 3.63) is 70.4 Å². The maximum atomic E-state index is 13.2. The normalized spacial score (nSPS) is 14.2. The van der Waals surface area contributed by atoms with E-state index in [1.54, 1.807) is 18.2 Å². The number of nitrogens with one attached hydrogen (secondary N) is 1. The Morgan fingerprint density at radius 2 is 2.00 bits per heavy atom. The molecule has 0 spiro atoms. The Hall–Kier alpha value is -2.98. The highest BCUT2D eigenvalue weighted by molar-refractivity contribution is 6.30. The Balaban J connectivity index is 1.89. The van der Waals surface area contributed by atoms with Crippen molar-refractivity contribution < 1.29 is 18.0 Å². The molecule has 0 radical (unpaired) electrons. The number of carbonyl (C=O) groups is 1. The zero-order valence-corrected chi connectivity index (χ0v) is 15.3. The van der Waals surface area contributed by atoms with Crippen molar-refractivity contribution in [1.29, 1.82) is 5.26 Å². The molecule has 0 saturated carbocycles. The number of hydrogen-bond acceptors (Lipinski definition) is 3. The van der Waals surface area contributed by atoms with Gasteiger partial charge in [0.1, 0.15) is 11.6 Å². The van der Waals surface area contributed by atoms with Crippen molar-refractivity contribution >= 4 is 28.9 Å². The first-order valence-electron chi connectivity index (χ1n) is 8.44. The van der Waals surface area contributed by atoms with Crippen LogP contribution in [0.25, 0.3) is 0 Å². The van der Waals surface area contributed by atoms with Crippen molar-refractivity contribution in [1.82, 2.24) is 0 Å². The second-order valence-corrected chi connectivity index (χ2v) is 6.63. The molecule has 1 aliphatic heterocycles. The summed E-state index contributed by atoms with van der Waals surface area (Å²) in [6.45, 7) is 0.434. The number of alkyl halides is 3. The van der Waals surface area contributed by atoms with Crippen molar-refractivity contribution in [2.24, 2.45) is 0 Å². The van der Waals surface area contributed by atoms with Crippen molar-refractivity contribution in [3.8, 4) is 6.07 Å². The predicted octanol–water partition coefficient (Wildman–Crippen LogP) is 5.16. The fraction of sp³-hybridized carbons (Fsp3) is 0.200. The first kappa shape index (κ1) is 19.8. The van der Waals surface area contributed by atoms with E-state index in [9.17, 15) is 23.2 Å². The zero-order chi connectivity index (χ0) is 20.3. The Bertz CT molecular complexity index is 979.